The molecule has 20 heavy (non-hydrogen) atoms. The fraction of sp³-hybridized carbons (Fsp3) is 0.375. The highest BCUT2D eigenvalue weighted by atomic mass is 32.1. The maximum absolute atomic E-state index is 14.0. The van der Waals surface area contributed by atoms with Gasteiger partial charge in [-0.25, -0.2) is 8.78 Å². The summed E-state index contributed by atoms with van der Waals surface area (Å²) in [4.78, 5) is 2.54. The zero-order chi connectivity index (χ0) is 14.1. The fourth-order valence-electron chi connectivity index (χ4n) is 2.84. The van der Waals surface area contributed by atoms with Gasteiger partial charge in [-0.05, 0) is 50.4 Å². The monoisotopic (exact) mass is 293 g/mol. The van der Waals surface area contributed by atoms with Crippen molar-refractivity contribution in [1.29, 1.82) is 0 Å². The van der Waals surface area contributed by atoms with E-state index in [-0.39, 0.29) is 6.04 Å². The van der Waals surface area contributed by atoms with Crippen LogP contribution in [0.25, 0.3) is 0 Å². The van der Waals surface area contributed by atoms with E-state index in [9.17, 15) is 8.78 Å². The van der Waals surface area contributed by atoms with Crippen molar-refractivity contribution in [2.45, 2.75) is 31.7 Å². The summed E-state index contributed by atoms with van der Waals surface area (Å²) >= 11 is 1.75. The van der Waals surface area contributed by atoms with Crippen molar-refractivity contribution < 1.29 is 8.78 Å². The lowest BCUT2D eigenvalue weighted by Gasteiger charge is -2.15. The van der Waals surface area contributed by atoms with Crippen LogP contribution >= 0.6 is 11.3 Å². The van der Waals surface area contributed by atoms with Gasteiger partial charge in [0.25, 0.3) is 0 Å². The largest absolute Gasteiger partial charge is 0.309 e. The van der Waals surface area contributed by atoms with Crippen molar-refractivity contribution in [3.63, 3.8) is 0 Å². The van der Waals surface area contributed by atoms with Gasteiger partial charge in [0.1, 0.15) is 11.6 Å². The van der Waals surface area contributed by atoms with E-state index in [1.54, 1.807) is 11.3 Å². The number of thiophene rings is 1. The molecule has 0 radical (unpaired) electrons. The van der Waals surface area contributed by atoms with Crippen LogP contribution in [-0.4, -0.2) is 7.05 Å². The minimum Gasteiger partial charge on any atom is -0.309 e. The van der Waals surface area contributed by atoms with Crippen LogP contribution in [0.1, 0.15) is 39.8 Å². The number of aryl methyl sites for hydroxylation is 2. The topological polar surface area (TPSA) is 12.0 Å². The van der Waals surface area contributed by atoms with Crippen molar-refractivity contribution in [2.24, 2.45) is 0 Å². The van der Waals surface area contributed by atoms with Gasteiger partial charge in [0.15, 0.2) is 0 Å². The highest BCUT2D eigenvalue weighted by molar-refractivity contribution is 7.12. The predicted octanol–water partition coefficient (Wildman–Crippen LogP) is 4.21. The van der Waals surface area contributed by atoms with Crippen LogP contribution in [0, 0.1) is 11.6 Å². The lowest BCUT2D eigenvalue weighted by molar-refractivity contribution is 0.553. The SMILES string of the molecule is CNC(c1cc2c(s1)CCCC2)c1ccc(F)cc1F. The average molecular weight is 293 g/mol. The first kappa shape index (κ1) is 13.7. The van der Waals surface area contributed by atoms with Crippen molar-refractivity contribution in [2.75, 3.05) is 7.05 Å². The lowest BCUT2D eigenvalue weighted by atomic mass is 9.97. The normalized spacial score (nSPS) is 15.9. The van der Waals surface area contributed by atoms with Gasteiger partial charge in [0.2, 0.25) is 0 Å². The summed E-state index contributed by atoms with van der Waals surface area (Å²) in [5.41, 5.74) is 1.91. The average Bonchev–Trinajstić information content (AvgIpc) is 2.85. The summed E-state index contributed by atoms with van der Waals surface area (Å²) in [6.07, 6.45) is 4.72. The van der Waals surface area contributed by atoms with E-state index >= 15 is 0 Å². The molecule has 0 aliphatic heterocycles. The highest BCUT2D eigenvalue weighted by Crippen LogP contribution is 2.35. The van der Waals surface area contributed by atoms with Crippen molar-refractivity contribution in [1.82, 2.24) is 5.32 Å². The number of halogens is 2. The summed E-state index contributed by atoms with van der Waals surface area (Å²) in [5.74, 6) is -1.03. The number of rotatable bonds is 3. The van der Waals surface area contributed by atoms with Gasteiger partial charge < -0.3 is 5.32 Å². The summed E-state index contributed by atoms with van der Waals surface area (Å²) < 4.78 is 27.0. The van der Waals surface area contributed by atoms with Crippen LogP contribution in [-0.2, 0) is 12.8 Å². The molecule has 0 saturated heterocycles. The molecule has 0 saturated carbocycles. The molecule has 1 aliphatic rings. The van der Waals surface area contributed by atoms with Crippen LogP contribution in [0.2, 0.25) is 0 Å². The zero-order valence-corrected chi connectivity index (χ0v) is 12.2. The third-order valence-electron chi connectivity index (χ3n) is 3.86. The summed E-state index contributed by atoms with van der Waals surface area (Å²) in [6, 6.07) is 5.78. The number of fused-ring (bicyclic) bond motifs is 1. The van der Waals surface area contributed by atoms with Gasteiger partial charge in [-0.15, -0.1) is 11.3 Å². The van der Waals surface area contributed by atoms with Crippen LogP contribution < -0.4 is 5.32 Å². The second-order valence-electron chi connectivity index (χ2n) is 5.19. The Morgan fingerprint density at radius 2 is 1.95 bits per heavy atom. The molecule has 1 atom stereocenters. The Hall–Kier alpha value is -1.26. The molecule has 0 fully saturated rings. The molecule has 0 amide bonds. The standard InChI is InChI=1S/C16H17F2NS/c1-19-16(12-7-6-11(17)9-13(12)18)15-8-10-4-2-3-5-14(10)20-15/h6-9,16,19H,2-5H2,1H3. The molecule has 1 unspecified atom stereocenters. The Morgan fingerprint density at radius 1 is 1.15 bits per heavy atom. The van der Waals surface area contributed by atoms with E-state index in [2.05, 4.69) is 11.4 Å². The minimum absolute atomic E-state index is 0.203. The molecule has 1 N–H and O–H groups in total. The Morgan fingerprint density at radius 3 is 2.65 bits per heavy atom. The van der Waals surface area contributed by atoms with Gasteiger partial charge in [-0.2, -0.15) is 0 Å². The number of benzene rings is 1. The number of nitrogens with one attached hydrogen (secondary N) is 1. The quantitative estimate of drug-likeness (QED) is 0.893. The van der Waals surface area contributed by atoms with Crippen LogP contribution in [0.5, 0.6) is 0 Å². The second kappa shape index (κ2) is 5.62. The first-order chi connectivity index (χ1) is 9.69. The third kappa shape index (κ3) is 2.50. The zero-order valence-electron chi connectivity index (χ0n) is 11.4. The lowest BCUT2D eigenvalue weighted by Crippen LogP contribution is -2.18. The Bertz CT molecular complexity index is 597. The van der Waals surface area contributed by atoms with E-state index in [1.807, 2.05) is 7.05 Å². The van der Waals surface area contributed by atoms with E-state index in [4.69, 9.17) is 0 Å². The number of hydrogen-bond acceptors (Lipinski definition) is 2. The van der Waals surface area contributed by atoms with E-state index in [0.29, 0.717) is 5.56 Å². The Balaban J connectivity index is 1.98. The van der Waals surface area contributed by atoms with E-state index in [1.165, 1.54) is 35.4 Å². The third-order valence-corrected chi connectivity index (χ3v) is 5.16. The van der Waals surface area contributed by atoms with E-state index in [0.717, 1.165) is 23.8 Å². The van der Waals surface area contributed by atoms with Crippen molar-refractivity contribution in [3.8, 4) is 0 Å². The fourth-order valence-corrected chi connectivity index (χ4v) is 4.23. The van der Waals surface area contributed by atoms with Gasteiger partial charge in [0, 0.05) is 21.4 Å². The molecule has 1 nitrogen and oxygen atoms in total. The molecular weight excluding hydrogens is 276 g/mol. The highest BCUT2D eigenvalue weighted by Gasteiger charge is 2.21. The molecule has 1 heterocycles. The van der Waals surface area contributed by atoms with Crippen molar-refractivity contribution in [3.05, 3.63) is 56.8 Å². The minimum atomic E-state index is -0.536. The molecule has 106 valence electrons. The molecule has 4 heteroatoms. The molecule has 1 aromatic carbocycles. The number of hydrogen-bond donors (Lipinski definition) is 1. The molecule has 0 bridgehead atoms. The summed E-state index contributed by atoms with van der Waals surface area (Å²) in [6.45, 7) is 0. The summed E-state index contributed by atoms with van der Waals surface area (Å²) in [5, 5.41) is 3.15. The Kier molecular flexibility index (Phi) is 3.85. The molecule has 3 rings (SSSR count). The molecule has 0 spiro atoms. The first-order valence-corrected chi connectivity index (χ1v) is 7.74. The van der Waals surface area contributed by atoms with Gasteiger partial charge in [-0.1, -0.05) is 6.07 Å². The van der Waals surface area contributed by atoms with Crippen LogP contribution in [0.4, 0.5) is 8.78 Å². The second-order valence-corrected chi connectivity index (χ2v) is 6.36. The Labute approximate surface area is 121 Å². The van der Waals surface area contributed by atoms with Crippen molar-refractivity contribution >= 4 is 11.3 Å². The molecular formula is C16H17F2NS. The smallest absolute Gasteiger partial charge is 0.131 e. The summed E-state index contributed by atoms with van der Waals surface area (Å²) in [7, 11) is 1.81. The van der Waals surface area contributed by atoms with E-state index < -0.39 is 11.6 Å². The maximum atomic E-state index is 14.0. The van der Waals surface area contributed by atoms with Crippen LogP contribution in [0.3, 0.4) is 0 Å². The predicted molar refractivity (Wildman–Crippen MR) is 78.2 cm³/mol. The first-order valence-electron chi connectivity index (χ1n) is 6.92. The molecule has 1 aromatic heterocycles. The van der Waals surface area contributed by atoms with Gasteiger partial charge in [-0.3, -0.25) is 0 Å². The van der Waals surface area contributed by atoms with Crippen LogP contribution in [0.15, 0.2) is 24.3 Å². The van der Waals surface area contributed by atoms with Gasteiger partial charge >= 0.3 is 0 Å². The van der Waals surface area contributed by atoms with Gasteiger partial charge in [0.05, 0.1) is 6.04 Å². The molecule has 1 aliphatic carbocycles. The maximum Gasteiger partial charge on any atom is 0.131 e. The molecule has 2 aromatic rings.